The number of anilines is 1. The third kappa shape index (κ3) is 8.89. The SMILES string of the molecule is CS(=O)(=O)N(CC(=O)N(Cc1ccc(Cl)cc1Cl)[C@H](Cc1ccccc1)C(=O)NC1CCCC1)c1cccc(C(F)(F)F)c1. The molecule has 0 saturated heterocycles. The van der Waals surface area contributed by atoms with Gasteiger partial charge in [-0.05, 0) is 54.3 Å². The zero-order valence-corrected chi connectivity index (χ0v) is 26.2. The summed E-state index contributed by atoms with van der Waals surface area (Å²) in [6.45, 7) is -1.04. The Bertz CT molecular complexity index is 1580. The predicted octanol–water partition coefficient (Wildman–Crippen LogP) is 6.48. The Morgan fingerprint density at radius 3 is 2.27 bits per heavy atom. The molecule has 44 heavy (non-hydrogen) atoms. The number of nitrogens with one attached hydrogen (secondary N) is 1. The molecule has 0 unspecified atom stereocenters. The topological polar surface area (TPSA) is 86.8 Å². The van der Waals surface area contributed by atoms with Crippen LogP contribution in [0.2, 0.25) is 10.0 Å². The Morgan fingerprint density at radius 1 is 0.977 bits per heavy atom. The first-order valence-corrected chi connectivity index (χ1v) is 16.6. The van der Waals surface area contributed by atoms with E-state index in [1.54, 1.807) is 36.4 Å². The molecule has 1 atom stereocenters. The number of hydrogen-bond donors (Lipinski definition) is 1. The molecule has 0 heterocycles. The van der Waals surface area contributed by atoms with Gasteiger partial charge in [-0.2, -0.15) is 13.2 Å². The number of carbonyl (C=O) groups excluding carboxylic acids is 2. The van der Waals surface area contributed by atoms with Crippen molar-refractivity contribution in [2.75, 3.05) is 17.1 Å². The van der Waals surface area contributed by atoms with Crippen LogP contribution in [-0.4, -0.2) is 50.0 Å². The van der Waals surface area contributed by atoms with Crippen LogP contribution < -0.4 is 9.62 Å². The van der Waals surface area contributed by atoms with Gasteiger partial charge in [0.1, 0.15) is 12.6 Å². The van der Waals surface area contributed by atoms with Crippen LogP contribution in [-0.2, 0) is 38.8 Å². The Morgan fingerprint density at radius 2 is 1.66 bits per heavy atom. The lowest BCUT2D eigenvalue weighted by Crippen LogP contribution is -2.54. The number of rotatable bonds is 11. The summed E-state index contributed by atoms with van der Waals surface area (Å²) in [5.74, 6) is -1.23. The highest BCUT2D eigenvalue weighted by atomic mass is 35.5. The van der Waals surface area contributed by atoms with Crippen molar-refractivity contribution >= 4 is 50.7 Å². The highest BCUT2D eigenvalue weighted by Gasteiger charge is 2.36. The normalized spacial score (nSPS) is 14.7. The van der Waals surface area contributed by atoms with Gasteiger partial charge in [0, 0.05) is 29.1 Å². The maximum Gasteiger partial charge on any atom is 0.416 e. The van der Waals surface area contributed by atoms with Crippen LogP contribution in [0.15, 0.2) is 72.8 Å². The summed E-state index contributed by atoms with van der Waals surface area (Å²) >= 11 is 12.5. The molecule has 1 aliphatic rings. The number of nitrogens with zero attached hydrogens (tertiary/aromatic N) is 2. The average molecular weight is 671 g/mol. The number of alkyl halides is 3. The number of sulfonamides is 1. The van der Waals surface area contributed by atoms with E-state index in [0.29, 0.717) is 21.0 Å². The van der Waals surface area contributed by atoms with Gasteiger partial charge in [-0.3, -0.25) is 13.9 Å². The smallest absolute Gasteiger partial charge is 0.352 e. The van der Waals surface area contributed by atoms with E-state index in [4.69, 9.17) is 23.2 Å². The molecule has 0 radical (unpaired) electrons. The van der Waals surface area contributed by atoms with Gasteiger partial charge in [-0.15, -0.1) is 0 Å². The van der Waals surface area contributed by atoms with E-state index in [1.165, 1.54) is 17.0 Å². The molecular formula is C31H32Cl2F3N3O4S. The Hall–Kier alpha value is -3.28. The summed E-state index contributed by atoms with van der Waals surface area (Å²) in [6, 6.07) is 16.2. The van der Waals surface area contributed by atoms with Crippen molar-refractivity contribution in [3.63, 3.8) is 0 Å². The molecule has 2 amide bonds. The minimum atomic E-state index is -4.74. The molecule has 1 saturated carbocycles. The molecule has 1 aliphatic carbocycles. The van der Waals surface area contributed by atoms with Gasteiger partial charge < -0.3 is 10.2 Å². The summed E-state index contributed by atoms with van der Waals surface area (Å²) < 4.78 is 66.8. The van der Waals surface area contributed by atoms with Gasteiger partial charge in [0.15, 0.2) is 0 Å². The van der Waals surface area contributed by atoms with Crippen LogP contribution in [0.3, 0.4) is 0 Å². The van der Waals surface area contributed by atoms with Crippen molar-refractivity contribution in [1.82, 2.24) is 10.2 Å². The van der Waals surface area contributed by atoms with Crippen molar-refractivity contribution in [2.24, 2.45) is 0 Å². The molecule has 236 valence electrons. The van der Waals surface area contributed by atoms with Crippen LogP contribution in [0, 0.1) is 0 Å². The van der Waals surface area contributed by atoms with Crippen LogP contribution in [0.25, 0.3) is 0 Å². The predicted molar refractivity (Wildman–Crippen MR) is 165 cm³/mol. The first kappa shape index (κ1) is 33.6. The van der Waals surface area contributed by atoms with E-state index in [2.05, 4.69) is 5.32 Å². The second-order valence-corrected chi connectivity index (χ2v) is 13.5. The standard InChI is InChI=1S/C31H32Cl2F3N3O4S/c1-44(42,43)39(26-13-7-10-23(17-26)31(34,35)36)20-29(40)38(19-22-14-15-24(32)18-27(22)33)28(16-21-8-3-2-4-9-21)30(41)37-25-11-5-6-12-25/h2-4,7-10,13-15,17-18,25,28H,5-6,11-12,16,19-20H2,1H3,(H,37,41)/t28-/m1/s1. The van der Waals surface area contributed by atoms with Gasteiger partial charge in [-0.25, -0.2) is 8.42 Å². The van der Waals surface area contributed by atoms with Crippen molar-refractivity contribution in [1.29, 1.82) is 0 Å². The Labute approximate surface area is 265 Å². The van der Waals surface area contributed by atoms with Crippen molar-refractivity contribution in [3.8, 4) is 0 Å². The summed E-state index contributed by atoms with van der Waals surface area (Å²) in [6.07, 6.45) is -0.348. The number of hydrogen-bond acceptors (Lipinski definition) is 4. The van der Waals surface area contributed by atoms with Crippen LogP contribution in [0.5, 0.6) is 0 Å². The van der Waals surface area contributed by atoms with Gasteiger partial charge >= 0.3 is 6.18 Å². The fourth-order valence-electron chi connectivity index (χ4n) is 5.21. The van der Waals surface area contributed by atoms with E-state index in [1.807, 2.05) is 6.07 Å². The molecule has 3 aromatic rings. The van der Waals surface area contributed by atoms with Crippen LogP contribution in [0.4, 0.5) is 18.9 Å². The summed E-state index contributed by atoms with van der Waals surface area (Å²) in [5.41, 5.74) is -0.216. The summed E-state index contributed by atoms with van der Waals surface area (Å²) in [4.78, 5) is 29.3. The minimum absolute atomic E-state index is 0.0746. The maximum atomic E-state index is 14.2. The molecule has 3 aromatic carbocycles. The Balaban J connectivity index is 1.76. The van der Waals surface area contributed by atoms with Crippen molar-refractivity contribution in [2.45, 2.75) is 56.9 Å². The third-order valence-electron chi connectivity index (χ3n) is 7.47. The molecular weight excluding hydrogens is 638 g/mol. The van der Waals surface area contributed by atoms with E-state index < -0.39 is 46.2 Å². The zero-order valence-electron chi connectivity index (χ0n) is 23.9. The van der Waals surface area contributed by atoms with Gasteiger partial charge in [0.2, 0.25) is 21.8 Å². The first-order chi connectivity index (χ1) is 20.7. The van der Waals surface area contributed by atoms with E-state index in [9.17, 15) is 31.2 Å². The number of carbonyl (C=O) groups is 2. The molecule has 4 rings (SSSR count). The van der Waals surface area contributed by atoms with Gasteiger partial charge in [0.25, 0.3) is 0 Å². The van der Waals surface area contributed by atoms with Crippen LogP contribution >= 0.6 is 23.2 Å². The molecule has 0 spiro atoms. The zero-order chi connectivity index (χ0) is 32.1. The third-order valence-corrected chi connectivity index (χ3v) is 9.20. The minimum Gasteiger partial charge on any atom is -0.352 e. The van der Waals surface area contributed by atoms with Gasteiger partial charge in [0.05, 0.1) is 17.5 Å². The maximum absolute atomic E-state index is 14.2. The molecule has 7 nitrogen and oxygen atoms in total. The van der Waals surface area contributed by atoms with E-state index >= 15 is 0 Å². The van der Waals surface area contributed by atoms with Gasteiger partial charge in [-0.1, -0.05) is 78.5 Å². The second-order valence-electron chi connectivity index (χ2n) is 10.8. The fraction of sp³-hybridized carbons (Fsp3) is 0.355. The molecule has 1 fully saturated rings. The lowest BCUT2D eigenvalue weighted by molar-refractivity contribution is -0.140. The first-order valence-electron chi connectivity index (χ1n) is 13.9. The quantitative estimate of drug-likeness (QED) is 0.253. The average Bonchev–Trinajstić information content (AvgIpc) is 3.47. The number of amides is 2. The number of halogens is 5. The highest BCUT2D eigenvalue weighted by molar-refractivity contribution is 7.92. The lowest BCUT2D eigenvalue weighted by Gasteiger charge is -2.34. The monoisotopic (exact) mass is 669 g/mol. The number of benzene rings is 3. The summed E-state index contributed by atoms with van der Waals surface area (Å²) in [7, 11) is -4.24. The Kier molecular flexibility index (Phi) is 10.9. The van der Waals surface area contributed by atoms with Crippen molar-refractivity contribution in [3.05, 3.63) is 99.5 Å². The lowest BCUT2D eigenvalue weighted by atomic mass is 10.0. The molecule has 13 heteroatoms. The molecule has 1 N–H and O–H groups in total. The fourth-order valence-corrected chi connectivity index (χ4v) is 6.52. The van der Waals surface area contributed by atoms with E-state index in [0.717, 1.165) is 49.6 Å². The largest absolute Gasteiger partial charge is 0.416 e. The molecule has 0 bridgehead atoms. The molecule has 0 aromatic heterocycles. The molecule has 0 aliphatic heterocycles. The van der Waals surface area contributed by atoms with Crippen molar-refractivity contribution < 1.29 is 31.2 Å². The highest BCUT2D eigenvalue weighted by Crippen LogP contribution is 2.32. The van der Waals surface area contributed by atoms with Crippen LogP contribution in [0.1, 0.15) is 42.4 Å². The van der Waals surface area contributed by atoms with E-state index in [-0.39, 0.29) is 29.7 Å². The summed E-state index contributed by atoms with van der Waals surface area (Å²) in [5, 5.41) is 3.62. The second kappa shape index (κ2) is 14.2.